The predicted molar refractivity (Wildman–Crippen MR) is 108 cm³/mol. The Bertz CT molecular complexity index is 663. The minimum absolute atomic E-state index is 0.0101. The van der Waals surface area contributed by atoms with Gasteiger partial charge in [-0.1, -0.05) is 37.3 Å². The van der Waals surface area contributed by atoms with Gasteiger partial charge in [0.05, 0.1) is 6.54 Å². The van der Waals surface area contributed by atoms with Crippen LogP contribution in [0.3, 0.4) is 0 Å². The maximum atomic E-state index is 12.7. The first-order valence-electron chi connectivity index (χ1n) is 10.2. The second kappa shape index (κ2) is 9.39. The molecule has 28 heavy (non-hydrogen) atoms. The normalized spacial score (nSPS) is 25.4. The molecule has 3 rings (SSSR count). The zero-order valence-electron chi connectivity index (χ0n) is 16.9. The summed E-state index contributed by atoms with van der Waals surface area (Å²) in [6.07, 6.45) is 2.59. The number of piperazine rings is 1. The molecule has 1 atom stereocenters. The number of likely N-dealkylation sites (N-methyl/N-ethyl adjacent to an activating group) is 2. The first-order valence-corrected chi connectivity index (χ1v) is 10.2. The van der Waals surface area contributed by atoms with E-state index in [2.05, 4.69) is 41.5 Å². The van der Waals surface area contributed by atoms with Gasteiger partial charge in [0.15, 0.2) is 0 Å². The molecule has 0 bridgehead atoms. The third-order valence-corrected chi connectivity index (χ3v) is 6.08. The van der Waals surface area contributed by atoms with Crippen LogP contribution in [0.15, 0.2) is 30.3 Å². The van der Waals surface area contributed by atoms with Crippen LogP contribution in [0.1, 0.15) is 25.3 Å². The fourth-order valence-electron chi connectivity index (χ4n) is 4.18. The Morgan fingerprint density at radius 1 is 1.21 bits per heavy atom. The zero-order valence-corrected chi connectivity index (χ0v) is 16.9. The predicted octanol–water partition coefficient (Wildman–Crippen LogP) is 1.49. The van der Waals surface area contributed by atoms with Crippen LogP contribution in [0.2, 0.25) is 0 Å². The quantitative estimate of drug-likeness (QED) is 0.740. The molecule has 0 radical (unpaired) electrons. The lowest BCUT2D eigenvalue weighted by molar-refractivity contribution is -0.139. The monoisotopic (exact) mass is 388 g/mol. The van der Waals surface area contributed by atoms with E-state index in [-0.39, 0.29) is 24.7 Å². The average Bonchev–Trinajstić information content (AvgIpc) is 2.65. The van der Waals surface area contributed by atoms with E-state index in [1.54, 1.807) is 0 Å². The standard InChI is InChI=1S/C21H32N4O3/c1-3-24(15-20(26)27)18-12-17(13-18)22-21(28)25-10-9-23(2)19(14-25)11-16-7-5-4-6-8-16/h4-8,17-19H,3,9-15H2,1-2H3,(H,22,28)(H,26,27). The van der Waals surface area contributed by atoms with Gasteiger partial charge in [0, 0.05) is 37.8 Å². The van der Waals surface area contributed by atoms with E-state index in [0.717, 1.165) is 45.4 Å². The number of carboxylic acid groups (broad SMARTS) is 1. The molecule has 1 aliphatic heterocycles. The summed E-state index contributed by atoms with van der Waals surface area (Å²) in [5.74, 6) is -0.795. The van der Waals surface area contributed by atoms with Crippen LogP contribution >= 0.6 is 0 Å². The number of rotatable bonds is 7. The minimum Gasteiger partial charge on any atom is -0.480 e. The number of carbonyl (C=O) groups is 2. The van der Waals surface area contributed by atoms with Crippen LogP contribution in [0, 0.1) is 0 Å². The Morgan fingerprint density at radius 3 is 2.57 bits per heavy atom. The van der Waals surface area contributed by atoms with Crippen LogP contribution in [0.5, 0.6) is 0 Å². The van der Waals surface area contributed by atoms with Crippen molar-refractivity contribution in [3.05, 3.63) is 35.9 Å². The van der Waals surface area contributed by atoms with Crippen molar-refractivity contribution >= 4 is 12.0 Å². The van der Waals surface area contributed by atoms with Crippen LogP contribution < -0.4 is 5.32 Å². The molecule has 0 aromatic heterocycles. The van der Waals surface area contributed by atoms with Crippen LogP contribution in [0.25, 0.3) is 0 Å². The van der Waals surface area contributed by atoms with E-state index in [9.17, 15) is 9.59 Å². The Balaban J connectivity index is 1.46. The van der Waals surface area contributed by atoms with Crippen molar-refractivity contribution < 1.29 is 14.7 Å². The molecule has 2 fully saturated rings. The summed E-state index contributed by atoms with van der Waals surface area (Å²) < 4.78 is 0. The molecule has 1 aromatic carbocycles. The van der Waals surface area contributed by atoms with Crippen LogP contribution in [0.4, 0.5) is 4.79 Å². The van der Waals surface area contributed by atoms with Crippen LogP contribution in [-0.2, 0) is 11.2 Å². The third kappa shape index (κ3) is 5.23. The molecular formula is C21H32N4O3. The van der Waals surface area contributed by atoms with E-state index in [0.29, 0.717) is 6.04 Å². The third-order valence-electron chi connectivity index (χ3n) is 6.08. The number of carbonyl (C=O) groups excluding carboxylic acids is 1. The molecule has 1 saturated heterocycles. The molecule has 1 aliphatic carbocycles. The SMILES string of the molecule is CCN(CC(=O)O)C1CC(NC(=O)N2CCN(C)C(Cc3ccccc3)C2)C1. The molecule has 2 aliphatic rings. The molecule has 1 saturated carbocycles. The molecule has 154 valence electrons. The number of amides is 2. The minimum atomic E-state index is -0.795. The molecule has 2 N–H and O–H groups in total. The van der Waals surface area contributed by atoms with Gasteiger partial charge in [0.1, 0.15) is 0 Å². The Morgan fingerprint density at radius 2 is 1.93 bits per heavy atom. The highest BCUT2D eigenvalue weighted by molar-refractivity contribution is 5.75. The van der Waals surface area contributed by atoms with Crippen molar-refractivity contribution in [3.63, 3.8) is 0 Å². The fourth-order valence-corrected chi connectivity index (χ4v) is 4.18. The number of carboxylic acids is 1. The van der Waals surface area contributed by atoms with E-state index < -0.39 is 5.97 Å². The maximum absolute atomic E-state index is 12.7. The van der Waals surface area contributed by atoms with Gasteiger partial charge in [-0.2, -0.15) is 0 Å². The Labute approximate surface area is 167 Å². The number of benzene rings is 1. The summed E-state index contributed by atoms with van der Waals surface area (Å²) in [5, 5.41) is 12.1. The molecule has 1 unspecified atom stereocenters. The highest BCUT2D eigenvalue weighted by Crippen LogP contribution is 2.26. The summed E-state index contributed by atoms with van der Waals surface area (Å²) in [5.41, 5.74) is 1.29. The van der Waals surface area contributed by atoms with Crippen molar-refractivity contribution in [2.24, 2.45) is 0 Å². The zero-order chi connectivity index (χ0) is 20.1. The largest absolute Gasteiger partial charge is 0.480 e. The number of nitrogens with zero attached hydrogens (tertiary/aromatic N) is 3. The van der Waals surface area contributed by atoms with E-state index >= 15 is 0 Å². The molecule has 1 aromatic rings. The molecular weight excluding hydrogens is 356 g/mol. The second-order valence-corrected chi connectivity index (χ2v) is 8.00. The molecule has 0 spiro atoms. The maximum Gasteiger partial charge on any atom is 0.317 e. The van der Waals surface area contributed by atoms with Crippen molar-refractivity contribution in [1.82, 2.24) is 20.0 Å². The van der Waals surface area contributed by atoms with Gasteiger partial charge in [0.25, 0.3) is 0 Å². The Hall–Kier alpha value is -2.12. The lowest BCUT2D eigenvalue weighted by Crippen LogP contribution is -2.60. The smallest absolute Gasteiger partial charge is 0.317 e. The van der Waals surface area contributed by atoms with Crippen molar-refractivity contribution in [2.45, 2.75) is 44.3 Å². The summed E-state index contributed by atoms with van der Waals surface area (Å²) in [4.78, 5) is 29.9. The van der Waals surface area contributed by atoms with E-state index in [4.69, 9.17) is 5.11 Å². The van der Waals surface area contributed by atoms with Crippen LogP contribution in [-0.4, -0.2) is 89.7 Å². The molecule has 7 nitrogen and oxygen atoms in total. The van der Waals surface area contributed by atoms with Gasteiger partial charge in [-0.3, -0.25) is 14.6 Å². The second-order valence-electron chi connectivity index (χ2n) is 8.00. The fraction of sp³-hybridized carbons (Fsp3) is 0.619. The highest BCUT2D eigenvalue weighted by Gasteiger charge is 2.36. The summed E-state index contributed by atoms with van der Waals surface area (Å²) in [7, 11) is 2.13. The molecule has 2 amide bonds. The van der Waals surface area contributed by atoms with Gasteiger partial charge in [-0.15, -0.1) is 0 Å². The first kappa shape index (κ1) is 20.6. The lowest BCUT2D eigenvalue weighted by atomic mass is 9.85. The van der Waals surface area contributed by atoms with E-state index in [1.807, 2.05) is 22.8 Å². The number of aliphatic carboxylic acids is 1. The summed E-state index contributed by atoms with van der Waals surface area (Å²) in [6.45, 7) is 5.11. The highest BCUT2D eigenvalue weighted by atomic mass is 16.4. The van der Waals surface area contributed by atoms with Crippen molar-refractivity contribution in [1.29, 1.82) is 0 Å². The van der Waals surface area contributed by atoms with Gasteiger partial charge in [-0.05, 0) is 38.4 Å². The van der Waals surface area contributed by atoms with Gasteiger partial charge in [0.2, 0.25) is 0 Å². The number of nitrogens with one attached hydrogen (secondary N) is 1. The topological polar surface area (TPSA) is 76.1 Å². The van der Waals surface area contributed by atoms with Crippen molar-refractivity contribution in [2.75, 3.05) is 39.8 Å². The summed E-state index contributed by atoms with van der Waals surface area (Å²) in [6, 6.07) is 11.1. The molecule has 1 heterocycles. The van der Waals surface area contributed by atoms with Gasteiger partial charge >= 0.3 is 12.0 Å². The van der Waals surface area contributed by atoms with Crippen molar-refractivity contribution in [3.8, 4) is 0 Å². The number of urea groups is 1. The number of hydrogen-bond donors (Lipinski definition) is 2. The Kier molecular flexibility index (Phi) is 6.91. The van der Waals surface area contributed by atoms with Gasteiger partial charge in [-0.25, -0.2) is 4.79 Å². The average molecular weight is 389 g/mol. The van der Waals surface area contributed by atoms with E-state index in [1.165, 1.54) is 5.56 Å². The first-order chi connectivity index (χ1) is 13.5. The lowest BCUT2D eigenvalue weighted by Gasteiger charge is -2.44. The summed E-state index contributed by atoms with van der Waals surface area (Å²) >= 11 is 0. The van der Waals surface area contributed by atoms with Gasteiger partial charge < -0.3 is 15.3 Å². The number of hydrogen-bond acceptors (Lipinski definition) is 4. The molecule has 7 heteroatoms.